The molecule has 0 fully saturated rings. The maximum Gasteiger partial charge on any atom is 0.220 e. The predicted octanol–water partition coefficient (Wildman–Crippen LogP) is 5.80. The second-order valence-electron chi connectivity index (χ2n) is 7.64. The Hall–Kier alpha value is -2.99. The van der Waals surface area contributed by atoms with E-state index in [4.69, 9.17) is 0 Å². The number of nitrogens with zero attached hydrogens (tertiary/aromatic N) is 1. The number of thiazole rings is 1. The van der Waals surface area contributed by atoms with E-state index >= 15 is 0 Å². The minimum Gasteiger partial charge on any atom is -0.354 e. The van der Waals surface area contributed by atoms with Crippen LogP contribution in [0, 0.1) is 5.82 Å². The van der Waals surface area contributed by atoms with Crippen LogP contribution in [0.3, 0.4) is 0 Å². The normalized spacial score (nSPS) is 11.3. The molecule has 0 unspecified atom stereocenters. The minimum atomic E-state index is -0.265. The average molecular weight is 422 g/mol. The van der Waals surface area contributed by atoms with E-state index in [2.05, 4.69) is 35.2 Å². The number of rotatable bonds is 7. The number of hydrogen-bond acceptors (Lipinski definition) is 3. The maximum absolute atomic E-state index is 13.4. The molecule has 6 heteroatoms. The van der Waals surface area contributed by atoms with Crippen molar-refractivity contribution in [1.29, 1.82) is 0 Å². The predicted molar refractivity (Wildman–Crippen MR) is 120 cm³/mol. The number of para-hydroxylation sites is 1. The molecule has 2 aromatic heterocycles. The summed E-state index contributed by atoms with van der Waals surface area (Å²) < 4.78 is 13.4. The first-order chi connectivity index (χ1) is 14.5. The van der Waals surface area contributed by atoms with E-state index < -0.39 is 0 Å². The van der Waals surface area contributed by atoms with E-state index in [1.165, 1.54) is 12.1 Å². The molecule has 0 bridgehead atoms. The van der Waals surface area contributed by atoms with Gasteiger partial charge in [-0.3, -0.25) is 4.79 Å². The average Bonchev–Trinajstić information content (AvgIpc) is 3.36. The number of H-pyrrole nitrogens is 1. The summed E-state index contributed by atoms with van der Waals surface area (Å²) in [6, 6.07) is 14.5. The Morgan fingerprint density at radius 1 is 1.17 bits per heavy atom. The molecule has 0 radical (unpaired) electrons. The van der Waals surface area contributed by atoms with Crippen molar-refractivity contribution >= 4 is 28.1 Å². The van der Waals surface area contributed by atoms with Crippen molar-refractivity contribution in [2.45, 2.75) is 39.2 Å². The summed E-state index contributed by atoms with van der Waals surface area (Å²) in [6.07, 6.45) is 0.966. The number of carbonyl (C=O) groups is 1. The number of carbonyl (C=O) groups excluding carboxylic acids is 1. The molecule has 4 nitrogen and oxygen atoms in total. The fourth-order valence-corrected chi connectivity index (χ4v) is 4.34. The number of aromatic nitrogens is 2. The Balaban J connectivity index is 1.48. The van der Waals surface area contributed by atoms with Crippen molar-refractivity contribution in [3.63, 3.8) is 0 Å². The number of aryl methyl sites for hydroxylation is 1. The topological polar surface area (TPSA) is 57.8 Å². The molecule has 0 atom stereocenters. The van der Waals surface area contributed by atoms with E-state index in [1.807, 2.05) is 23.6 Å². The van der Waals surface area contributed by atoms with Crippen LogP contribution in [0.25, 0.3) is 22.2 Å². The Labute approximate surface area is 179 Å². The van der Waals surface area contributed by atoms with Crippen LogP contribution in [0.2, 0.25) is 0 Å². The molecule has 2 heterocycles. The first-order valence-corrected chi connectivity index (χ1v) is 11.0. The quantitative estimate of drug-likeness (QED) is 0.396. The minimum absolute atomic E-state index is 0.00978. The lowest BCUT2D eigenvalue weighted by Crippen LogP contribution is -2.23. The maximum atomic E-state index is 13.4. The molecule has 0 spiro atoms. The number of amides is 1. The van der Waals surface area contributed by atoms with Gasteiger partial charge in [-0.25, -0.2) is 9.37 Å². The van der Waals surface area contributed by atoms with Crippen molar-refractivity contribution in [3.8, 4) is 11.3 Å². The first kappa shape index (κ1) is 20.3. The van der Waals surface area contributed by atoms with Gasteiger partial charge in [-0.1, -0.05) is 32.0 Å². The molecule has 2 N–H and O–H groups in total. The van der Waals surface area contributed by atoms with Crippen molar-refractivity contribution in [2.24, 2.45) is 0 Å². The summed E-state index contributed by atoms with van der Waals surface area (Å²) in [4.78, 5) is 20.5. The van der Waals surface area contributed by atoms with Gasteiger partial charge in [0.15, 0.2) is 0 Å². The van der Waals surface area contributed by atoms with Gasteiger partial charge in [0.05, 0.1) is 17.2 Å². The summed E-state index contributed by atoms with van der Waals surface area (Å²) in [7, 11) is 0. The van der Waals surface area contributed by atoms with Crippen molar-refractivity contribution < 1.29 is 9.18 Å². The zero-order chi connectivity index (χ0) is 21.1. The summed E-state index contributed by atoms with van der Waals surface area (Å²) in [6.45, 7) is 4.67. The van der Waals surface area contributed by atoms with Gasteiger partial charge in [-0.2, -0.15) is 0 Å². The van der Waals surface area contributed by atoms with Gasteiger partial charge in [-0.05, 0) is 47.9 Å². The summed E-state index contributed by atoms with van der Waals surface area (Å²) >= 11 is 1.63. The van der Waals surface area contributed by atoms with E-state index in [9.17, 15) is 9.18 Å². The summed E-state index contributed by atoms with van der Waals surface area (Å²) in [5.41, 5.74) is 4.83. The molecule has 2 aromatic carbocycles. The summed E-state index contributed by atoms with van der Waals surface area (Å²) in [5.74, 6) is 0.120. The highest BCUT2D eigenvalue weighted by atomic mass is 32.1. The lowest BCUT2D eigenvalue weighted by Gasteiger charge is -2.07. The molecular formula is C24H24FN3OS. The highest BCUT2D eigenvalue weighted by Gasteiger charge is 2.15. The fraction of sp³-hybridized carbons (Fsp3) is 0.250. The molecule has 0 aliphatic heterocycles. The largest absolute Gasteiger partial charge is 0.354 e. The smallest absolute Gasteiger partial charge is 0.220 e. The van der Waals surface area contributed by atoms with Crippen LogP contribution >= 0.6 is 11.3 Å². The van der Waals surface area contributed by atoms with E-state index in [-0.39, 0.29) is 11.7 Å². The highest BCUT2D eigenvalue weighted by molar-refractivity contribution is 7.09. The number of nitrogens with one attached hydrogen (secondary N) is 2. The van der Waals surface area contributed by atoms with E-state index in [1.54, 1.807) is 23.5 Å². The number of aromatic amines is 1. The third-order valence-corrected chi connectivity index (χ3v) is 6.27. The van der Waals surface area contributed by atoms with Gasteiger partial charge in [0.2, 0.25) is 5.91 Å². The number of halogens is 1. The van der Waals surface area contributed by atoms with Crippen molar-refractivity contribution in [3.05, 3.63) is 76.0 Å². The van der Waals surface area contributed by atoms with Gasteiger partial charge in [0.1, 0.15) is 5.82 Å². The van der Waals surface area contributed by atoms with E-state index in [0.717, 1.165) is 38.4 Å². The van der Waals surface area contributed by atoms with Crippen molar-refractivity contribution in [2.75, 3.05) is 0 Å². The number of benzene rings is 2. The molecule has 4 rings (SSSR count). The van der Waals surface area contributed by atoms with Crippen LogP contribution in [-0.4, -0.2) is 15.9 Å². The molecule has 1 amide bonds. The number of fused-ring (bicyclic) bond motifs is 1. The Morgan fingerprint density at radius 3 is 2.67 bits per heavy atom. The lowest BCUT2D eigenvalue weighted by atomic mass is 10.0. The third-order valence-electron chi connectivity index (χ3n) is 5.08. The molecule has 154 valence electrons. The van der Waals surface area contributed by atoms with Crippen LogP contribution in [0.1, 0.15) is 42.5 Å². The van der Waals surface area contributed by atoms with Crippen LogP contribution in [0.5, 0.6) is 0 Å². The molecule has 0 saturated carbocycles. The SMILES string of the molecule is CC(C)c1nc(CNC(=O)CCc2c(-c3ccc(F)cc3)[nH]c3ccccc23)cs1. The van der Waals surface area contributed by atoms with Gasteiger partial charge in [-0.15, -0.1) is 11.3 Å². The zero-order valence-electron chi connectivity index (χ0n) is 17.0. The Morgan fingerprint density at radius 2 is 1.93 bits per heavy atom. The molecule has 0 aliphatic rings. The first-order valence-electron chi connectivity index (χ1n) is 10.1. The highest BCUT2D eigenvalue weighted by Crippen LogP contribution is 2.31. The number of hydrogen-bond donors (Lipinski definition) is 2. The second-order valence-corrected chi connectivity index (χ2v) is 8.53. The van der Waals surface area contributed by atoms with Gasteiger partial charge in [0, 0.05) is 34.3 Å². The van der Waals surface area contributed by atoms with Gasteiger partial charge >= 0.3 is 0 Å². The molecular weight excluding hydrogens is 397 g/mol. The van der Waals surface area contributed by atoms with Crippen LogP contribution in [0.4, 0.5) is 4.39 Å². The third kappa shape index (κ3) is 4.44. The van der Waals surface area contributed by atoms with Crippen LogP contribution in [0.15, 0.2) is 53.9 Å². The lowest BCUT2D eigenvalue weighted by molar-refractivity contribution is -0.121. The van der Waals surface area contributed by atoms with Gasteiger partial charge in [0.25, 0.3) is 0 Å². The standard InChI is InChI=1S/C24H24FN3OS/c1-15(2)24-27-18(14-30-24)13-26-22(29)12-11-20-19-5-3-4-6-21(19)28-23(20)16-7-9-17(25)10-8-16/h3-10,14-15,28H,11-13H2,1-2H3,(H,26,29). The van der Waals surface area contributed by atoms with Crippen LogP contribution < -0.4 is 5.32 Å². The zero-order valence-corrected chi connectivity index (χ0v) is 17.9. The monoisotopic (exact) mass is 421 g/mol. The molecule has 0 aliphatic carbocycles. The Bertz CT molecular complexity index is 1160. The summed E-state index contributed by atoms with van der Waals surface area (Å²) in [5, 5.41) is 7.15. The van der Waals surface area contributed by atoms with Gasteiger partial charge < -0.3 is 10.3 Å². The van der Waals surface area contributed by atoms with Crippen molar-refractivity contribution in [1.82, 2.24) is 15.3 Å². The molecule has 4 aromatic rings. The fourth-order valence-electron chi connectivity index (χ4n) is 3.51. The van der Waals surface area contributed by atoms with E-state index in [0.29, 0.717) is 25.3 Å². The molecule has 30 heavy (non-hydrogen) atoms. The van der Waals surface area contributed by atoms with Crippen LogP contribution in [-0.2, 0) is 17.8 Å². The Kier molecular flexibility index (Phi) is 5.95. The molecule has 0 saturated heterocycles. The second kappa shape index (κ2) is 8.79.